The third kappa shape index (κ3) is 5.46. The van der Waals surface area contributed by atoms with E-state index in [1.807, 2.05) is 59.2 Å². The number of nitrogens with zero attached hydrogens (tertiary/aromatic N) is 3. The van der Waals surface area contributed by atoms with Gasteiger partial charge < -0.3 is 4.74 Å². The van der Waals surface area contributed by atoms with Crippen molar-refractivity contribution in [2.45, 2.75) is 12.8 Å². The van der Waals surface area contributed by atoms with Gasteiger partial charge >= 0.3 is 5.97 Å². The molecule has 7 heteroatoms. The highest BCUT2D eigenvalue weighted by Crippen LogP contribution is 2.55. The van der Waals surface area contributed by atoms with Crippen molar-refractivity contribution in [1.29, 1.82) is 0 Å². The summed E-state index contributed by atoms with van der Waals surface area (Å²) < 4.78 is 7.54. The molecular weight excluding hydrogens is 533 g/mol. The molecular formula is C33H29N3O2PS+. The summed E-state index contributed by atoms with van der Waals surface area (Å²) in [6.45, 7) is 0.300. The molecule has 0 saturated carbocycles. The van der Waals surface area contributed by atoms with Gasteiger partial charge in [0.1, 0.15) is 28.2 Å². The maximum Gasteiger partial charge on any atom is 0.309 e. The monoisotopic (exact) mass is 562 g/mol. The van der Waals surface area contributed by atoms with Gasteiger partial charge in [0.25, 0.3) is 0 Å². The highest BCUT2D eigenvalue weighted by atomic mass is 32.1. The Balaban J connectivity index is 1.15. The lowest BCUT2D eigenvalue weighted by atomic mass is 10.2. The van der Waals surface area contributed by atoms with Crippen LogP contribution in [0.2, 0.25) is 0 Å². The minimum atomic E-state index is -2.06. The number of benzene rings is 4. The third-order valence-electron chi connectivity index (χ3n) is 6.98. The van der Waals surface area contributed by atoms with Crippen LogP contribution in [0.3, 0.4) is 0 Å². The number of ether oxygens (including phenoxy) is 1. The summed E-state index contributed by atoms with van der Waals surface area (Å²) in [5.74, 6) is -0.181. The van der Waals surface area contributed by atoms with Gasteiger partial charge in [-0.15, -0.1) is 0 Å². The fraction of sp³-hybridized carbons (Fsp3) is 0.121. The van der Waals surface area contributed by atoms with Crippen molar-refractivity contribution in [2.75, 3.05) is 12.8 Å². The number of aromatic nitrogens is 3. The quantitative estimate of drug-likeness (QED) is 0.154. The molecule has 6 aromatic rings. The fourth-order valence-electron chi connectivity index (χ4n) is 5.06. The number of esters is 1. The third-order valence-corrected chi connectivity index (χ3v) is 12.4. The zero-order valence-electron chi connectivity index (χ0n) is 22.0. The largest absolute Gasteiger partial charge is 0.465 e. The Morgan fingerprint density at radius 2 is 1.27 bits per heavy atom. The van der Waals surface area contributed by atoms with E-state index in [4.69, 9.17) is 9.72 Å². The van der Waals surface area contributed by atoms with Crippen molar-refractivity contribution in [3.8, 4) is 11.3 Å². The summed E-state index contributed by atoms with van der Waals surface area (Å²) in [4.78, 5) is 18.6. The maximum absolute atomic E-state index is 13.1. The first-order valence-corrected chi connectivity index (χ1v) is 16.1. The molecule has 0 fully saturated rings. The second-order valence-corrected chi connectivity index (χ2v) is 14.1. The molecule has 0 amide bonds. The molecule has 0 unspecified atom stereocenters. The standard InChI is InChI=1S/C33H29N3O2PS/c37-32(38-23-21-31-35-36-25-30(34-33(36)40-31)26-13-5-1-6-14-26)22-24-39(27-15-7-2-8-16-27,28-17-9-3-10-18-28)29-19-11-4-12-20-29/h1-20,25H,21-24H2/q+1. The van der Waals surface area contributed by atoms with Crippen LogP contribution in [0.25, 0.3) is 16.2 Å². The van der Waals surface area contributed by atoms with E-state index in [2.05, 4.69) is 77.9 Å². The van der Waals surface area contributed by atoms with Crippen LogP contribution in [-0.2, 0) is 16.0 Å². The molecule has 40 heavy (non-hydrogen) atoms. The first-order chi connectivity index (χ1) is 19.7. The van der Waals surface area contributed by atoms with Crippen molar-refractivity contribution < 1.29 is 9.53 Å². The molecule has 0 spiro atoms. The SMILES string of the molecule is O=C(CC[P+](c1ccccc1)(c1ccccc1)c1ccccc1)OCCc1nn2cc(-c3ccccc3)nc2s1. The maximum atomic E-state index is 13.1. The molecule has 0 radical (unpaired) electrons. The molecule has 0 aliphatic rings. The molecule has 2 heterocycles. The van der Waals surface area contributed by atoms with E-state index in [9.17, 15) is 4.79 Å². The molecule has 5 nitrogen and oxygen atoms in total. The Labute approximate surface area is 238 Å². The van der Waals surface area contributed by atoms with E-state index in [0.29, 0.717) is 25.6 Å². The van der Waals surface area contributed by atoms with Gasteiger partial charge in [-0.1, -0.05) is 96.3 Å². The second kappa shape index (κ2) is 12.0. The van der Waals surface area contributed by atoms with Crippen molar-refractivity contribution >= 4 is 45.4 Å². The molecule has 2 aromatic heterocycles. The molecule has 0 aliphatic heterocycles. The van der Waals surface area contributed by atoms with E-state index in [0.717, 1.165) is 21.2 Å². The number of hydrogen-bond donors (Lipinski definition) is 0. The van der Waals surface area contributed by atoms with Crippen LogP contribution in [0, 0.1) is 0 Å². The lowest BCUT2D eigenvalue weighted by Gasteiger charge is -2.27. The molecule has 198 valence electrons. The molecule has 0 saturated heterocycles. The number of carbonyl (C=O) groups excluding carboxylic acids is 1. The second-order valence-electron chi connectivity index (χ2n) is 9.48. The number of imidazole rings is 1. The lowest BCUT2D eigenvalue weighted by molar-refractivity contribution is -0.143. The van der Waals surface area contributed by atoms with E-state index in [1.165, 1.54) is 27.3 Å². The number of carbonyl (C=O) groups is 1. The van der Waals surface area contributed by atoms with E-state index < -0.39 is 7.26 Å². The van der Waals surface area contributed by atoms with E-state index >= 15 is 0 Å². The van der Waals surface area contributed by atoms with Crippen LogP contribution in [0.1, 0.15) is 11.4 Å². The first kappa shape index (κ1) is 26.1. The molecule has 0 aliphatic carbocycles. The van der Waals surface area contributed by atoms with Gasteiger partial charge in [0.2, 0.25) is 4.96 Å². The Hall–Kier alpha value is -4.12. The Morgan fingerprint density at radius 3 is 1.80 bits per heavy atom. The molecule has 4 aromatic carbocycles. The van der Waals surface area contributed by atoms with Crippen molar-refractivity contribution in [1.82, 2.24) is 14.6 Å². The zero-order chi connectivity index (χ0) is 27.2. The minimum Gasteiger partial charge on any atom is -0.465 e. The summed E-state index contributed by atoms with van der Waals surface area (Å²) in [5.41, 5.74) is 1.97. The molecule has 6 rings (SSSR count). The van der Waals surface area contributed by atoms with Gasteiger partial charge in [-0.25, -0.2) is 9.50 Å². The Morgan fingerprint density at radius 1 is 0.750 bits per heavy atom. The van der Waals surface area contributed by atoms with Crippen LogP contribution >= 0.6 is 18.6 Å². The first-order valence-electron chi connectivity index (χ1n) is 13.3. The summed E-state index contributed by atoms with van der Waals surface area (Å²) in [5, 5.41) is 9.34. The number of hydrogen-bond acceptors (Lipinski definition) is 5. The highest BCUT2D eigenvalue weighted by Gasteiger charge is 2.45. The highest BCUT2D eigenvalue weighted by molar-refractivity contribution is 7.95. The van der Waals surface area contributed by atoms with Gasteiger partial charge in [0.05, 0.1) is 31.1 Å². The summed E-state index contributed by atoms with van der Waals surface area (Å²) >= 11 is 1.53. The zero-order valence-corrected chi connectivity index (χ0v) is 23.7. The van der Waals surface area contributed by atoms with Crippen molar-refractivity contribution in [3.05, 3.63) is 133 Å². The van der Waals surface area contributed by atoms with Crippen molar-refractivity contribution in [3.63, 3.8) is 0 Å². The molecule has 0 bridgehead atoms. The Kier molecular flexibility index (Phi) is 7.80. The van der Waals surface area contributed by atoms with Crippen LogP contribution < -0.4 is 15.9 Å². The van der Waals surface area contributed by atoms with E-state index in [-0.39, 0.29) is 5.97 Å². The normalized spacial score (nSPS) is 11.5. The molecule has 0 N–H and O–H groups in total. The van der Waals surface area contributed by atoms with Crippen LogP contribution in [-0.4, -0.2) is 33.3 Å². The summed E-state index contributed by atoms with van der Waals surface area (Å²) in [6, 6.07) is 41.9. The van der Waals surface area contributed by atoms with Gasteiger partial charge in [-0.05, 0) is 36.4 Å². The number of fused-ring (bicyclic) bond motifs is 1. The van der Waals surface area contributed by atoms with Crippen LogP contribution in [0.4, 0.5) is 0 Å². The van der Waals surface area contributed by atoms with Gasteiger partial charge in [-0.2, -0.15) is 5.10 Å². The summed E-state index contributed by atoms with van der Waals surface area (Å²) in [6.07, 6.45) is 3.55. The van der Waals surface area contributed by atoms with Gasteiger partial charge in [0.15, 0.2) is 0 Å². The molecule has 0 atom stereocenters. The average molecular weight is 563 g/mol. The lowest BCUT2D eigenvalue weighted by Crippen LogP contribution is -2.34. The van der Waals surface area contributed by atoms with Crippen LogP contribution in [0.5, 0.6) is 0 Å². The predicted molar refractivity (Wildman–Crippen MR) is 166 cm³/mol. The van der Waals surface area contributed by atoms with Gasteiger partial charge in [-0.3, -0.25) is 4.79 Å². The minimum absolute atomic E-state index is 0.181. The van der Waals surface area contributed by atoms with Crippen molar-refractivity contribution in [2.24, 2.45) is 0 Å². The van der Waals surface area contributed by atoms with E-state index in [1.54, 1.807) is 0 Å². The number of rotatable bonds is 10. The smallest absolute Gasteiger partial charge is 0.309 e. The van der Waals surface area contributed by atoms with Crippen LogP contribution in [0.15, 0.2) is 128 Å². The summed E-state index contributed by atoms with van der Waals surface area (Å²) in [7, 11) is -2.06. The fourth-order valence-corrected chi connectivity index (χ4v) is 10.1. The van der Waals surface area contributed by atoms with Gasteiger partial charge in [0, 0.05) is 12.0 Å². The average Bonchev–Trinajstić information content (AvgIpc) is 3.59. The predicted octanol–water partition coefficient (Wildman–Crippen LogP) is 5.93. The topological polar surface area (TPSA) is 56.5 Å². The Bertz CT molecular complexity index is 1560.